The second-order valence-corrected chi connectivity index (χ2v) is 7.97. The molecule has 1 N–H and O–H groups in total. The van der Waals surface area contributed by atoms with Crippen molar-refractivity contribution in [1.82, 2.24) is 10.2 Å². The molecule has 4 rings (SSSR count). The molecule has 1 aliphatic carbocycles. The molecule has 1 saturated heterocycles. The summed E-state index contributed by atoms with van der Waals surface area (Å²) in [6.07, 6.45) is 6.50. The number of fused-ring (bicyclic) bond motifs is 1. The van der Waals surface area contributed by atoms with Gasteiger partial charge in [0.15, 0.2) is 0 Å². The molecular formula is C18H25BrN2O. The molecule has 0 bridgehead atoms. The fourth-order valence-electron chi connectivity index (χ4n) is 3.65. The average Bonchev–Trinajstić information content (AvgIpc) is 3.23. The Kier molecular flexibility index (Phi) is 4.43. The first kappa shape index (κ1) is 15.0. The van der Waals surface area contributed by atoms with Crippen molar-refractivity contribution >= 4 is 15.9 Å². The van der Waals surface area contributed by atoms with Crippen LogP contribution in [0.5, 0.6) is 5.75 Å². The zero-order valence-corrected chi connectivity index (χ0v) is 14.7. The van der Waals surface area contributed by atoms with E-state index < -0.39 is 0 Å². The molecule has 0 radical (unpaired) electrons. The summed E-state index contributed by atoms with van der Waals surface area (Å²) in [5, 5.41) is 3.76. The molecule has 1 saturated carbocycles. The molecule has 22 heavy (non-hydrogen) atoms. The Balaban J connectivity index is 1.33. The van der Waals surface area contributed by atoms with Crippen molar-refractivity contribution in [2.75, 3.05) is 26.2 Å². The van der Waals surface area contributed by atoms with Crippen LogP contribution in [0.1, 0.15) is 36.8 Å². The molecule has 120 valence electrons. The molecule has 3 aliphatic rings. The van der Waals surface area contributed by atoms with Crippen molar-refractivity contribution in [1.29, 1.82) is 0 Å². The third-order valence-electron chi connectivity index (χ3n) is 5.20. The van der Waals surface area contributed by atoms with E-state index in [9.17, 15) is 0 Å². The first-order valence-corrected chi connectivity index (χ1v) is 9.47. The third-order valence-corrected chi connectivity index (χ3v) is 5.66. The lowest BCUT2D eigenvalue weighted by Gasteiger charge is -2.32. The number of piperidine rings is 1. The molecule has 0 unspecified atom stereocenters. The summed E-state index contributed by atoms with van der Waals surface area (Å²) >= 11 is 3.65. The van der Waals surface area contributed by atoms with Crippen LogP contribution >= 0.6 is 15.9 Å². The van der Waals surface area contributed by atoms with Gasteiger partial charge in [-0.1, -0.05) is 15.9 Å². The molecule has 1 aromatic rings. The van der Waals surface area contributed by atoms with Crippen LogP contribution in [-0.4, -0.2) is 37.2 Å². The van der Waals surface area contributed by atoms with Gasteiger partial charge < -0.3 is 10.1 Å². The largest absolute Gasteiger partial charge is 0.493 e. The van der Waals surface area contributed by atoms with E-state index in [1.807, 2.05) is 0 Å². The van der Waals surface area contributed by atoms with E-state index >= 15 is 0 Å². The smallest absolute Gasteiger partial charge is 0.127 e. The first-order valence-electron chi connectivity index (χ1n) is 8.68. The monoisotopic (exact) mass is 364 g/mol. The quantitative estimate of drug-likeness (QED) is 0.866. The Labute approximate surface area is 141 Å². The molecule has 2 heterocycles. The van der Waals surface area contributed by atoms with Crippen LogP contribution in [0, 0.1) is 5.92 Å². The third kappa shape index (κ3) is 3.50. The summed E-state index contributed by atoms with van der Waals surface area (Å²) in [5.41, 5.74) is 2.72. The van der Waals surface area contributed by atoms with Crippen LogP contribution in [0.15, 0.2) is 16.6 Å². The number of benzene rings is 1. The van der Waals surface area contributed by atoms with E-state index in [1.54, 1.807) is 0 Å². The second-order valence-electron chi connectivity index (χ2n) is 7.05. The maximum Gasteiger partial charge on any atom is 0.127 e. The van der Waals surface area contributed by atoms with Crippen LogP contribution in [-0.2, 0) is 13.0 Å². The van der Waals surface area contributed by atoms with Crippen molar-refractivity contribution in [2.45, 2.75) is 44.7 Å². The summed E-state index contributed by atoms with van der Waals surface area (Å²) < 4.78 is 7.05. The number of halogens is 1. The summed E-state index contributed by atoms with van der Waals surface area (Å²) in [7, 11) is 0. The highest BCUT2D eigenvalue weighted by molar-refractivity contribution is 9.10. The average molecular weight is 365 g/mol. The lowest BCUT2D eigenvalue weighted by Crippen LogP contribution is -2.42. The Morgan fingerprint density at radius 3 is 2.77 bits per heavy atom. The zero-order valence-electron chi connectivity index (χ0n) is 13.1. The highest BCUT2D eigenvalue weighted by Crippen LogP contribution is 2.34. The SMILES string of the molecule is Brc1cc2c(c(CN3CCC(NCC4CC4)CC3)c1)OCC2. The van der Waals surface area contributed by atoms with Gasteiger partial charge in [0.1, 0.15) is 5.75 Å². The molecule has 1 aromatic carbocycles. The van der Waals surface area contributed by atoms with Crippen molar-refractivity contribution in [2.24, 2.45) is 5.92 Å². The summed E-state index contributed by atoms with van der Waals surface area (Å²) in [4.78, 5) is 2.58. The number of likely N-dealkylation sites (tertiary alicyclic amines) is 1. The molecule has 0 atom stereocenters. The molecule has 3 nitrogen and oxygen atoms in total. The Bertz CT molecular complexity index is 536. The van der Waals surface area contributed by atoms with Crippen molar-refractivity contribution < 1.29 is 4.74 Å². The fourth-order valence-corrected chi connectivity index (χ4v) is 4.21. The highest BCUT2D eigenvalue weighted by Gasteiger charge is 2.25. The van der Waals surface area contributed by atoms with E-state index in [4.69, 9.17) is 4.74 Å². The topological polar surface area (TPSA) is 24.5 Å². The minimum Gasteiger partial charge on any atom is -0.493 e. The molecule has 2 aliphatic heterocycles. The van der Waals surface area contributed by atoms with E-state index in [1.165, 1.54) is 60.9 Å². The van der Waals surface area contributed by atoms with Gasteiger partial charge >= 0.3 is 0 Å². The van der Waals surface area contributed by atoms with Gasteiger partial charge in [0.2, 0.25) is 0 Å². The fraction of sp³-hybridized carbons (Fsp3) is 0.667. The second kappa shape index (κ2) is 6.50. The number of hydrogen-bond donors (Lipinski definition) is 1. The van der Waals surface area contributed by atoms with Crippen LogP contribution in [0.25, 0.3) is 0 Å². The number of nitrogens with zero attached hydrogens (tertiary/aromatic N) is 1. The summed E-state index contributed by atoms with van der Waals surface area (Å²) in [5.74, 6) is 2.14. The normalized spacial score (nSPS) is 22.6. The molecule has 0 spiro atoms. The Morgan fingerprint density at radius 2 is 2.00 bits per heavy atom. The lowest BCUT2D eigenvalue weighted by atomic mass is 10.0. The van der Waals surface area contributed by atoms with E-state index in [-0.39, 0.29) is 0 Å². The summed E-state index contributed by atoms with van der Waals surface area (Å²) in [6, 6.07) is 5.18. The van der Waals surface area contributed by atoms with Crippen LogP contribution in [0.4, 0.5) is 0 Å². The molecule has 0 aromatic heterocycles. The van der Waals surface area contributed by atoms with E-state index in [0.29, 0.717) is 0 Å². The molecule has 4 heteroatoms. The van der Waals surface area contributed by atoms with Gasteiger partial charge in [0.05, 0.1) is 6.61 Å². The van der Waals surface area contributed by atoms with Crippen molar-refractivity contribution in [3.05, 3.63) is 27.7 Å². The standard InChI is InChI=1S/C18H25BrN2O/c19-16-9-14-5-8-22-18(14)15(10-16)12-21-6-3-17(4-7-21)20-11-13-1-2-13/h9-10,13,17,20H,1-8,11-12H2. The first-order chi connectivity index (χ1) is 10.8. The van der Waals surface area contributed by atoms with Crippen LogP contribution < -0.4 is 10.1 Å². The lowest BCUT2D eigenvalue weighted by molar-refractivity contribution is 0.188. The number of rotatable bonds is 5. The zero-order chi connectivity index (χ0) is 14.9. The predicted molar refractivity (Wildman–Crippen MR) is 92.4 cm³/mol. The molecular weight excluding hydrogens is 340 g/mol. The minimum absolute atomic E-state index is 0.737. The van der Waals surface area contributed by atoms with Crippen molar-refractivity contribution in [3.8, 4) is 5.75 Å². The van der Waals surface area contributed by atoms with Gasteiger partial charge in [-0.2, -0.15) is 0 Å². The van der Waals surface area contributed by atoms with Gasteiger partial charge in [0, 0.05) is 29.0 Å². The molecule has 2 fully saturated rings. The number of ether oxygens (including phenoxy) is 1. The van der Waals surface area contributed by atoms with Gasteiger partial charge in [0.25, 0.3) is 0 Å². The maximum atomic E-state index is 5.86. The molecule has 0 amide bonds. The van der Waals surface area contributed by atoms with Gasteiger partial charge in [-0.05, 0) is 68.9 Å². The van der Waals surface area contributed by atoms with Gasteiger partial charge in [-0.3, -0.25) is 4.90 Å². The Morgan fingerprint density at radius 1 is 1.18 bits per heavy atom. The van der Waals surface area contributed by atoms with Gasteiger partial charge in [-0.25, -0.2) is 0 Å². The van der Waals surface area contributed by atoms with Crippen LogP contribution in [0.2, 0.25) is 0 Å². The van der Waals surface area contributed by atoms with E-state index in [2.05, 4.69) is 38.3 Å². The van der Waals surface area contributed by atoms with Crippen molar-refractivity contribution in [3.63, 3.8) is 0 Å². The Hall–Kier alpha value is -0.580. The maximum absolute atomic E-state index is 5.86. The minimum atomic E-state index is 0.737. The van der Waals surface area contributed by atoms with E-state index in [0.717, 1.165) is 37.3 Å². The van der Waals surface area contributed by atoms with Gasteiger partial charge in [-0.15, -0.1) is 0 Å². The highest BCUT2D eigenvalue weighted by atomic mass is 79.9. The van der Waals surface area contributed by atoms with Crippen LogP contribution in [0.3, 0.4) is 0 Å². The number of hydrogen-bond acceptors (Lipinski definition) is 3. The number of nitrogens with one attached hydrogen (secondary N) is 1. The predicted octanol–water partition coefficient (Wildman–Crippen LogP) is 3.35. The summed E-state index contributed by atoms with van der Waals surface area (Å²) in [6.45, 7) is 5.51.